The first-order chi connectivity index (χ1) is 15.1. The van der Waals surface area contributed by atoms with Crippen molar-refractivity contribution in [2.75, 3.05) is 14.2 Å². The van der Waals surface area contributed by atoms with Crippen molar-refractivity contribution in [2.24, 2.45) is 7.05 Å². The fourth-order valence-corrected chi connectivity index (χ4v) is 3.64. The molecule has 0 fully saturated rings. The van der Waals surface area contributed by atoms with Crippen LogP contribution in [-0.4, -0.2) is 34.7 Å². The average molecular weight is 416 g/mol. The molecule has 0 bridgehead atoms. The van der Waals surface area contributed by atoms with Crippen LogP contribution in [0, 0.1) is 0 Å². The highest BCUT2D eigenvalue weighted by atomic mass is 16.5. The second-order valence-corrected chi connectivity index (χ2v) is 7.21. The first-order valence-electron chi connectivity index (χ1n) is 9.91. The van der Waals surface area contributed by atoms with Gasteiger partial charge in [0, 0.05) is 37.1 Å². The van der Waals surface area contributed by atoms with Crippen molar-refractivity contribution in [2.45, 2.75) is 12.5 Å². The van der Waals surface area contributed by atoms with Crippen molar-refractivity contribution < 1.29 is 14.3 Å². The van der Waals surface area contributed by atoms with Crippen molar-refractivity contribution in [1.82, 2.24) is 19.9 Å². The molecule has 1 amide bonds. The summed E-state index contributed by atoms with van der Waals surface area (Å²) in [6.45, 7) is 0. The van der Waals surface area contributed by atoms with Crippen molar-refractivity contribution in [3.8, 4) is 11.5 Å². The summed E-state index contributed by atoms with van der Waals surface area (Å²) >= 11 is 0. The van der Waals surface area contributed by atoms with Gasteiger partial charge in [0.2, 0.25) is 5.91 Å². The standard InChI is InChI=1S/C24H24N4O3/c1-28-11-10-26-24(28)23(18-12-19(30-2)15-20(13-18)31-3)27-21(29)14-17-7-4-6-16-8-5-9-25-22(16)17/h4-13,15,23H,14H2,1-3H3,(H,27,29). The molecule has 0 radical (unpaired) electrons. The number of amides is 1. The van der Waals surface area contributed by atoms with Gasteiger partial charge in [-0.1, -0.05) is 24.3 Å². The molecule has 0 aliphatic rings. The topological polar surface area (TPSA) is 78.3 Å². The Hall–Kier alpha value is -3.87. The number of benzene rings is 2. The summed E-state index contributed by atoms with van der Waals surface area (Å²) in [6, 6.07) is 14.8. The predicted molar refractivity (Wildman–Crippen MR) is 118 cm³/mol. The zero-order valence-electron chi connectivity index (χ0n) is 17.7. The maximum atomic E-state index is 13.1. The van der Waals surface area contributed by atoms with Crippen LogP contribution in [0.3, 0.4) is 0 Å². The molecular weight excluding hydrogens is 392 g/mol. The van der Waals surface area contributed by atoms with E-state index in [0.717, 1.165) is 22.0 Å². The number of hydrogen-bond donors (Lipinski definition) is 1. The van der Waals surface area contributed by atoms with Crippen LogP contribution in [-0.2, 0) is 18.3 Å². The first-order valence-corrected chi connectivity index (χ1v) is 9.91. The van der Waals surface area contributed by atoms with Crippen LogP contribution >= 0.6 is 0 Å². The van der Waals surface area contributed by atoms with E-state index >= 15 is 0 Å². The van der Waals surface area contributed by atoms with Gasteiger partial charge >= 0.3 is 0 Å². The zero-order valence-corrected chi connectivity index (χ0v) is 17.7. The van der Waals surface area contributed by atoms with Gasteiger partial charge < -0.3 is 19.4 Å². The monoisotopic (exact) mass is 416 g/mol. The van der Waals surface area contributed by atoms with Crippen LogP contribution in [0.4, 0.5) is 0 Å². The van der Waals surface area contributed by atoms with E-state index in [2.05, 4.69) is 15.3 Å². The van der Waals surface area contributed by atoms with Crippen LogP contribution in [0.5, 0.6) is 11.5 Å². The molecule has 0 aliphatic heterocycles. The van der Waals surface area contributed by atoms with Crippen LogP contribution < -0.4 is 14.8 Å². The van der Waals surface area contributed by atoms with Gasteiger partial charge in [-0.15, -0.1) is 0 Å². The number of fused-ring (bicyclic) bond motifs is 1. The molecule has 0 saturated heterocycles. The summed E-state index contributed by atoms with van der Waals surface area (Å²) in [5, 5.41) is 4.14. The molecule has 4 aromatic rings. The number of rotatable bonds is 7. The average Bonchev–Trinajstić information content (AvgIpc) is 3.22. The highest BCUT2D eigenvalue weighted by Crippen LogP contribution is 2.29. The number of hydrogen-bond acceptors (Lipinski definition) is 5. The summed E-state index contributed by atoms with van der Waals surface area (Å²) < 4.78 is 12.7. The lowest BCUT2D eigenvalue weighted by atomic mass is 10.0. The van der Waals surface area contributed by atoms with Crippen LogP contribution in [0.15, 0.2) is 67.1 Å². The molecule has 7 nitrogen and oxygen atoms in total. The minimum absolute atomic E-state index is 0.132. The first kappa shape index (κ1) is 20.4. The van der Waals surface area contributed by atoms with E-state index in [0.29, 0.717) is 17.3 Å². The molecule has 0 spiro atoms. The van der Waals surface area contributed by atoms with Gasteiger partial charge in [0.05, 0.1) is 26.2 Å². The number of pyridine rings is 1. The smallest absolute Gasteiger partial charge is 0.225 e. The van der Waals surface area contributed by atoms with Crippen LogP contribution in [0.2, 0.25) is 0 Å². The number of aromatic nitrogens is 3. The maximum Gasteiger partial charge on any atom is 0.225 e. The number of para-hydroxylation sites is 1. The second-order valence-electron chi connectivity index (χ2n) is 7.21. The molecule has 2 aromatic carbocycles. The Kier molecular flexibility index (Phi) is 5.84. The second kappa shape index (κ2) is 8.87. The van der Waals surface area contributed by atoms with E-state index in [1.807, 2.05) is 60.3 Å². The number of methoxy groups -OCH3 is 2. The fourth-order valence-electron chi connectivity index (χ4n) is 3.64. The molecule has 0 saturated carbocycles. The van der Waals surface area contributed by atoms with Crippen LogP contribution in [0.25, 0.3) is 10.9 Å². The van der Waals surface area contributed by atoms with Gasteiger partial charge in [0.25, 0.3) is 0 Å². The lowest BCUT2D eigenvalue weighted by Crippen LogP contribution is -2.32. The Balaban J connectivity index is 1.67. The summed E-state index contributed by atoms with van der Waals surface area (Å²) in [4.78, 5) is 22.0. The molecular formula is C24H24N4O3. The number of nitrogens with one attached hydrogen (secondary N) is 1. The molecule has 4 rings (SSSR count). The molecule has 7 heteroatoms. The SMILES string of the molecule is COc1cc(OC)cc(C(NC(=O)Cc2cccc3cccnc23)c2nccn2C)c1. The summed E-state index contributed by atoms with van der Waals surface area (Å²) in [5.74, 6) is 1.86. The largest absolute Gasteiger partial charge is 0.497 e. The number of carbonyl (C=O) groups is 1. The minimum Gasteiger partial charge on any atom is -0.497 e. The number of imidazole rings is 1. The minimum atomic E-state index is -0.473. The van der Waals surface area contributed by atoms with E-state index < -0.39 is 6.04 Å². The van der Waals surface area contributed by atoms with Gasteiger partial charge in [-0.2, -0.15) is 0 Å². The van der Waals surface area contributed by atoms with E-state index in [9.17, 15) is 4.79 Å². The van der Waals surface area contributed by atoms with Crippen LogP contribution in [0.1, 0.15) is 23.0 Å². The third-order valence-corrected chi connectivity index (χ3v) is 5.20. The normalized spacial score (nSPS) is 11.8. The summed E-state index contributed by atoms with van der Waals surface area (Å²) in [6.07, 6.45) is 5.50. The zero-order chi connectivity index (χ0) is 21.8. The highest BCUT2D eigenvalue weighted by molar-refractivity contribution is 5.87. The predicted octanol–water partition coefficient (Wildman–Crippen LogP) is 3.43. The van der Waals surface area contributed by atoms with Gasteiger partial charge in [0.15, 0.2) is 0 Å². The van der Waals surface area contributed by atoms with Crippen molar-refractivity contribution in [3.63, 3.8) is 0 Å². The van der Waals surface area contributed by atoms with Gasteiger partial charge in [0.1, 0.15) is 23.4 Å². The number of nitrogens with zero attached hydrogens (tertiary/aromatic N) is 3. The molecule has 158 valence electrons. The molecule has 1 unspecified atom stereocenters. The third kappa shape index (κ3) is 4.35. The fraction of sp³-hybridized carbons (Fsp3) is 0.208. The summed E-state index contributed by atoms with van der Waals surface area (Å²) in [5.41, 5.74) is 2.52. The number of aryl methyl sites for hydroxylation is 1. The van der Waals surface area contributed by atoms with Crippen molar-refractivity contribution >= 4 is 16.8 Å². The third-order valence-electron chi connectivity index (χ3n) is 5.20. The molecule has 2 heterocycles. The van der Waals surface area contributed by atoms with Gasteiger partial charge in [-0.25, -0.2) is 4.98 Å². The number of carbonyl (C=O) groups excluding carboxylic acids is 1. The molecule has 31 heavy (non-hydrogen) atoms. The van der Waals surface area contributed by atoms with E-state index in [1.165, 1.54) is 0 Å². The lowest BCUT2D eigenvalue weighted by Gasteiger charge is -2.21. The molecule has 2 aromatic heterocycles. The van der Waals surface area contributed by atoms with Crippen molar-refractivity contribution in [1.29, 1.82) is 0 Å². The highest BCUT2D eigenvalue weighted by Gasteiger charge is 2.23. The lowest BCUT2D eigenvalue weighted by molar-refractivity contribution is -0.121. The Morgan fingerprint density at radius 3 is 2.45 bits per heavy atom. The maximum absolute atomic E-state index is 13.1. The number of ether oxygens (including phenoxy) is 2. The molecule has 1 N–H and O–H groups in total. The Labute approximate surface area is 180 Å². The summed E-state index contributed by atoms with van der Waals surface area (Å²) in [7, 11) is 5.09. The van der Waals surface area contributed by atoms with Gasteiger partial charge in [-0.05, 0) is 29.3 Å². The van der Waals surface area contributed by atoms with Crippen molar-refractivity contribution in [3.05, 3.63) is 84.1 Å². The van der Waals surface area contributed by atoms with Gasteiger partial charge in [-0.3, -0.25) is 9.78 Å². The Morgan fingerprint density at radius 2 is 1.77 bits per heavy atom. The molecule has 0 aliphatic carbocycles. The van der Waals surface area contributed by atoms with E-state index in [-0.39, 0.29) is 12.3 Å². The Bertz CT molecular complexity index is 1190. The quantitative estimate of drug-likeness (QED) is 0.499. The molecule has 1 atom stereocenters. The Morgan fingerprint density at radius 1 is 1.03 bits per heavy atom. The van der Waals surface area contributed by atoms with E-state index in [4.69, 9.17) is 9.47 Å². The van der Waals surface area contributed by atoms with E-state index in [1.54, 1.807) is 32.7 Å².